The van der Waals surface area contributed by atoms with E-state index in [2.05, 4.69) is 54.6 Å². The molecule has 0 radical (unpaired) electrons. The quantitative estimate of drug-likeness (QED) is 0.319. The first-order valence-electron chi connectivity index (χ1n) is 10.1. The lowest BCUT2D eigenvalue weighted by atomic mass is 10.0. The van der Waals surface area contributed by atoms with E-state index in [1.165, 1.54) is 66.5 Å². The maximum Gasteiger partial charge on any atom is 0.134 e. The Bertz CT molecular complexity index is 758. The average Bonchev–Trinajstić information content (AvgIpc) is 2.68. The lowest BCUT2D eigenvalue weighted by Gasteiger charge is -2.13. The van der Waals surface area contributed by atoms with Crippen LogP contribution in [0.25, 0.3) is 21.5 Å². The van der Waals surface area contributed by atoms with Crippen LogP contribution in [0.4, 0.5) is 0 Å². The summed E-state index contributed by atoms with van der Waals surface area (Å²) in [6, 6.07) is 19.3. The van der Waals surface area contributed by atoms with Crippen molar-refractivity contribution >= 4 is 21.5 Å². The number of nitrogens with two attached hydrogens (primary N) is 1. The minimum atomic E-state index is 0.797. The number of hydrogen-bond donors (Lipinski definition) is 1. The van der Waals surface area contributed by atoms with Crippen molar-refractivity contribution in [1.82, 2.24) is 0 Å². The van der Waals surface area contributed by atoms with Crippen molar-refractivity contribution in [2.24, 2.45) is 5.73 Å². The molecule has 3 aromatic carbocycles. The second kappa shape index (κ2) is 10.2. The summed E-state index contributed by atoms with van der Waals surface area (Å²) in [5.41, 5.74) is 5.53. The van der Waals surface area contributed by atoms with E-state index in [-0.39, 0.29) is 0 Å². The Morgan fingerprint density at radius 3 is 1.69 bits per heavy atom. The molecule has 3 aromatic rings. The van der Waals surface area contributed by atoms with Gasteiger partial charge in [-0.3, -0.25) is 0 Å². The Morgan fingerprint density at radius 2 is 1.12 bits per heavy atom. The first-order valence-corrected chi connectivity index (χ1v) is 10.1. The van der Waals surface area contributed by atoms with Gasteiger partial charge < -0.3 is 10.5 Å². The molecule has 0 atom stereocenters. The number of unbranched alkanes of at least 4 members (excludes halogenated alkanes) is 7. The van der Waals surface area contributed by atoms with Crippen molar-refractivity contribution in [3.63, 3.8) is 0 Å². The molecule has 2 heteroatoms. The fourth-order valence-electron chi connectivity index (χ4n) is 3.61. The van der Waals surface area contributed by atoms with Crippen molar-refractivity contribution in [2.75, 3.05) is 13.2 Å². The minimum absolute atomic E-state index is 0.797. The van der Waals surface area contributed by atoms with Gasteiger partial charge in [0.1, 0.15) is 5.75 Å². The van der Waals surface area contributed by atoms with Crippen LogP contribution in [0.3, 0.4) is 0 Å². The molecule has 0 heterocycles. The van der Waals surface area contributed by atoms with Crippen molar-refractivity contribution < 1.29 is 4.74 Å². The van der Waals surface area contributed by atoms with Crippen LogP contribution in [-0.2, 0) is 0 Å². The standard InChI is InChI=1S/C24H31NO/c25-17-11-5-3-1-2-4-6-12-18-26-24-22-15-9-7-13-20(22)19-21-14-8-10-16-23(21)24/h7-10,13-16,19H,1-6,11-12,17-18,25H2. The topological polar surface area (TPSA) is 35.2 Å². The third-order valence-electron chi connectivity index (χ3n) is 5.07. The van der Waals surface area contributed by atoms with Crippen LogP contribution in [0, 0.1) is 0 Å². The summed E-state index contributed by atoms with van der Waals surface area (Å²) in [6.45, 7) is 1.63. The van der Waals surface area contributed by atoms with Crippen LogP contribution >= 0.6 is 0 Å². The molecule has 0 fully saturated rings. The Balaban J connectivity index is 1.52. The minimum Gasteiger partial charge on any atom is -0.492 e. The van der Waals surface area contributed by atoms with Gasteiger partial charge in [-0.15, -0.1) is 0 Å². The van der Waals surface area contributed by atoms with Crippen LogP contribution in [-0.4, -0.2) is 13.2 Å². The van der Waals surface area contributed by atoms with Crippen LogP contribution in [0.1, 0.15) is 51.4 Å². The highest BCUT2D eigenvalue weighted by Crippen LogP contribution is 2.34. The molecule has 3 rings (SSSR count). The number of benzene rings is 3. The number of fused-ring (bicyclic) bond motifs is 2. The summed E-state index contributed by atoms with van der Waals surface area (Å²) in [7, 11) is 0. The predicted molar refractivity (Wildman–Crippen MR) is 113 cm³/mol. The number of ether oxygens (including phenoxy) is 1. The molecular weight excluding hydrogens is 318 g/mol. The Labute approximate surface area is 157 Å². The lowest BCUT2D eigenvalue weighted by Crippen LogP contribution is -1.99. The van der Waals surface area contributed by atoms with Gasteiger partial charge >= 0.3 is 0 Å². The molecule has 0 spiro atoms. The zero-order chi connectivity index (χ0) is 18.0. The van der Waals surface area contributed by atoms with E-state index < -0.39 is 0 Å². The lowest BCUT2D eigenvalue weighted by molar-refractivity contribution is 0.311. The fraction of sp³-hybridized carbons (Fsp3) is 0.417. The molecule has 0 saturated carbocycles. The largest absolute Gasteiger partial charge is 0.492 e. The van der Waals surface area contributed by atoms with Gasteiger partial charge in [-0.1, -0.05) is 87.1 Å². The van der Waals surface area contributed by atoms with Gasteiger partial charge in [-0.05, 0) is 36.2 Å². The molecular formula is C24H31NO. The maximum atomic E-state index is 6.28. The molecule has 2 nitrogen and oxygen atoms in total. The third kappa shape index (κ3) is 4.98. The highest BCUT2D eigenvalue weighted by molar-refractivity contribution is 6.05. The zero-order valence-corrected chi connectivity index (χ0v) is 15.8. The third-order valence-corrected chi connectivity index (χ3v) is 5.07. The molecule has 0 aliphatic rings. The summed E-state index contributed by atoms with van der Waals surface area (Å²) in [5.74, 6) is 1.04. The summed E-state index contributed by atoms with van der Waals surface area (Å²) >= 11 is 0. The van der Waals surface area contributed by atoms with E-state index >= 15 is 0 Å². The van der Waals surface area contributed by atoms with Crippen molar-refractivity contribution in [2.45, 2.75) is 51.4 Å². The first kappa shape index (κ1) is 18.7. The van der Waals surface area contributed by atoms with Gasteiger partial charge in [0.15, 0.2) is 0 Å². The van der Waals surface area contributed by atoms with Crippen LogP contribution in [0.2, 0.25) is 0 Å². The van der Waals surface area contributed by atoms with Crippen LogP contribution < -0.4 is 10.5 Å². The molecule has 0 unspecified atom stereocenters. The van der Waals surface area contributed by atoms with E-state index in [1.807, 2.05) is 0 Å². The van der Waals surface area contributed by atoms with Gasteiger partial charge in [0, 0.05) is 10.8 Å². The second-order valence-electron chi connectivity index (χ2n) is 7.11. The van der Waals surface area contributed by atoms with E-state index in [9.17, 15) is 0 Å². The van der Waals surface area contributed by atoms with Crippen molar-refractivity contribution in [3.05, 3.63) is 54.6 Å². The molecule has 0 aliphatic carbocycles. The van der Waals surface area contributed by atoms with E-state index in [4.69, 9.17) is 10.5 Å². The molecule has 0 amide bonds. The Kier molecular flexibility index (Phi) is 7.33. The van der Waals surface area contributed by atoms with Crippen LogP contribution in [0.5, 0.6) is 5.75 Å². The predicted octanol–water partition coefficient (Wildman–Crippen LogP) is 6.45. The van der Waals surface area contributed by atoms with Crippen LogP contribution in [0.15, 0.2) is 54.6 Å². The van der Waals surface area contributed by atoms with E-state index in [1.54, 1.807) is 0 Å². The molecule has 0 bridgehead atoms. The van der Waals surface area contributed by atoms with Gasteiger partial charge in [0.2, 0.25) is 0 Å². The smallest absolute Gasteiger partial charge is 0.134 e. The molecule has 138 valence electrons. The van der Waals surface area contributed by atoms with E-state index in [0.717, 1.165) is 25.3 Å². The van der Waals surface area contributed by atoms with Gasteiger partial charge in [0.05, 0.1) is 6.61 Å². The summed E-state index contributed by atoms with van der Waals surface area (Å²) in [6.07, 6.45) is 10.1. The fourth-order valence-corrected chi connectivity index (χ4v) is 3.61. The van der Waals surface area contributed by atoms with Crippen molar-refractivity contribution in [3.8, 4) is 5.75 Å². The molecule has 0 aromatic heterocycles. The number of rotatable bonds is 11. The van der Waals surface area contributed by atoms with Gasteiger partial charge in [0.25, 0.3) is 0 Å². The second-order valence-corrected chi connectivity index (χ2v) is 7.11. The number of hydrogen-bond acceptors (Lipinski definition) is 2. The average molecular weight is 350 g/mol. The normalized spacial score (nSPS) is 11.3. The molecule has 0 aliphatic heterocycles. The molecule has 0 saturated heterocycles. The Morgan fingerprint density at radius 1 is 0.615 bits per heavy atom. The molecule has 26 heavy (non-hydrogen) atoms. The molecule has 2 N–H and O–H groups in total. The Hall–Kier alpha value is -2.06. The maximum absolute atomic E-state index is 6.28. The monoisotopic (exact) mass is 349 g/mol. The zero-order valence-electron chi connectivity index (χ0n) is 15.8. The van der Waals surface area contributed by atoms with E-state index in [0.29, 0.717) is 0 Å². The van der Waals surface area contributed by atoms with Gasteiger partial charge in [-0.2, -0.15) is 0 Å². The first-order chi connectivity index (χ1) is 12.9. The summed E-state index contributed by atoms with van der Waals surface area (Å²) in [5, 5.41) is 4.93. The highest BCUT2D eigenvalue weighted by Gasteiger charge is 2.08. The highest BCUT2D eigenvalue weighted by atomic mass is 16.5. The summed E-state index contributed by atoms with van der Waals surface area (Å²) < 4.78 is 6.28. The van der Waals surface area contributed by atoms with Gasteiger partial charge in [-0.25, -0.2) is 0 Å². The SMILES string of the molecule is NCCCCCCCCCCOc1c2ccccc2cc2ccccc12. The summed E-state index contributed by atoms with van der Waals surface area (Å²) in [4.78, 5) is 0. The van der Waals surface area contributed by atoms with Crippen molar-refractivity contribution in [1.29, 1.82) is 0 Å².